The number of aromatic nitrogens is 2. The fraction of sp³-hybridized carbons (Fsp3) is 0.222. The maximum absolute atomic E-state index is 10.3. The Morgan fingerprint density at radius 2 is 2.12 bits per heavy atom. The summed E-state index contributed by atoms with van der Waals surface area (Å²) in [5, 5.41) is 14.4. The molecule has 16 heavy (non-hydrogen) atoms. The average Bonchev–Trinajstić information content (AvgIpc) is 2.70. The molecule has 1 atom stereocenters. The van der Waals surface area contributed by atoms with Crippen LogP contribution in [0.5, 0.6) is 0 Å². The summed E-state index contributed by atoms with van der Waals surface area (Å²) < 4.78 is 4.36. The first kappa shape index (κ1) is 12.8. The number of nitrogens with zero attached hydrogens (tertiary/aromatic N) is 2. The van der Waals surface area contributed by atoms with E-state index >= 15 is 0 Å². The van der Waals surface area contributed by atoms with Gasteiger partial charge in [-0.25, -0.2) is 0 Å². The normalized spacial score (nSPS) is 13.1. The Balaban J connectivity index is 2.46. The molecular weight excluding hydrogens is 424 g/mol. The minimum absolute atomic E-state index is 0.696. The molecule has 2 heterocycles. The van der Waals surface area contributed by atoms with E-state index in [1.807, 2.05) is 6.07 Å². The summed E-state index contributed by atoms with van der Waals surface area (Å²) in [4.78, 5) is 0. The summed E-state index contributed by atoms with van der Waals surface area (Å²) in [6.07, 6.45) is 0.979. The number of aryl methyl sites for hydroxylation is 1. The van der Waals surface area contributed by atoms with Gasteiger partial charge in [0.05, 0.1) is 23.9 Å². The van der Waals surface area contributed by atoms with Crippen LogP contribution in [0.3, 0.4) is 0 Å². The molecule has 0 amide bonds. The summed E-state index contributed by atoms with van der Waals surface area (Å²) in [6, 6.07) is 1.90. The van der Waals surface area contributed by atoms with Gasteiger partial charge in [0.25, 0.3) is 0 Å². The number of hydrogen-bond acceptors (Lipinski definition) is 3. The van der Waals surface area contributed by atoms with Crippen molar-refractivity contribution < 1.29 is 5.11 Å². The van der Waals surface area contributed by atoms with Gasteiger partial charge in [-0.1, -0.05) is 0 Å². The zero-order valence-electron chi connectivity index (χ0n) is 8.12. The lowest BCUT2D eigenvalue weighted by atomic mass is 10.1. The molecule has 0 fully saturated rings. The lowest BCUT2D eigenvalue weighted by Gasteiger charge is -2.11. The molecule has 0 aliphatic heterocycles. The molecular formula is C9H7Br3N2OS. The predicted octanol–water partition coefficient (Wildman–Crippen LogP) is 3.85. The molecule has 2 aromatic heterocycles. The van der Waals surface area contributed by atoms with Gasteiger partial charge in [-0.3, -0.25) is 4.68 Å². The standard InChI is InChI=1S/C9H7Br3N2OS/c1-14-7(5(10)3-13-14)8(15)4-2-6(11)16-9(4)12/h2-3,8,15H,1H3. The highest BCUT2D eigenvalue weighted by molar-refractivity contribution is 9.12. The number of halogens is 3. The van der Waals surface area contributed by atoms with Crippen molar-refractivity contribution in [2.24, 2.45) is 7.05 Å². The Hall–Kier alpha value is 0.310. The van der Waals surface area contributed by atoms with E-state index in [0.29, 0.717) is 0 Å². The van der Waals surface area contributed by atoms with E-state index in [1.54, 1.807) is 17.9 Å². The van der Waals surface area contributed by atoms with E-state index in [4.69, 9.17) is 0 Å². The summed E-state index contributed by atoms with van der Waals surface area (Å²) >= 11 is 11.7. The first-order valence-corrected chi connectivity index (χ1v) is 7.50. The third-order valence-electron chi connectivity index (χ3n) is 2.17. The van der Waals surface area contributed by atoms with Gasteiger partial charge in [0.15, 0.2) is 0 Å². The van der Waals surface area contributed by atoms with Gasteiger partial charge in [0.2, 0.25) is 0 Å². The van der Waals surface area contributed by atoms with Crippen LogP contribution in [0.25, 0.3) is 0 Å². The van der Waals surface area contributed by atoms with Crippen LogP contribution >= 0.6 is 59.1 Å². The van der Waals surface area contributed by atoms with Crippen molar-refractivity contribution in [3.63, 3.8) is 0 Å². The largest absolute Gasteiger partial charge is 0.382 e. The lowest BCUT2D eigenvalue weighted by molar-refractivity contribution is 0.208. The van der Waals surface area contributed by atoms with Crippen molar-refractivity contribution in [3.05, 3.63) is 35.6 Å². The SMILES string of the molecule is Cn1ncc(Br)c1C(O)c1cc(Br)sc1Br. The Morgan fingerprint density at radius 3 is 2.56 bits per heavy atom. The van der Waals surface area contributed by atoms with Gasteiger partial charge in [0, 0.05) is 12.6 Å². The maximum Gasteiger partial charge on any atom is 0.124 e. The quantitative estimate of drug-likeness (QED) is 0.785. The monoisotopic (exact) mass is 428 g/mol. The molecule has 0 aliphatic rings. The summed E-state index contributed by atoms with van der Waals surface area (Å²) in [5.41, 5.74) is 1.58. The number of thiophene rings is 1. The minimum atomic E-state index is -0.696. The molecule has 7 heteroatoms. The van der Waals surface area contributed by atoms with Crippen LogP contribution in [0.2, 0.25) is 0 Å². The number of aliphatic hydroxyl groups excluding tert-OH is 1. The second-order valence-electron chi connectivity index (χ2n) is 3.18. The van der Waals surface area contributed by atoms with Crippen LogP contribution < -0.4 is 0 Å². The van der Waals surface area contributed by atoms with Crippen LogP contribution in [0.4, 0.5) is 0 Å². The van der Waals surface area contributed by atoms with Gasteiger partial charge in [-0.05, 0) is 53.9 Å². The molecule has 1 unspecified atom stereocenters. The molecule has 0 radical (unpaired) electrons. The number of rotatable bonds is 2. The first-order chi connectivity index (χ1) is 7.50. The second-order valence-corrected chi connectivity index (χ2v) is 7.79. The van der Waals surface area contributed by atoms with Gasteiger partial charge in [0.1, 0.15) is 6.10 Å². The van der Waals surface area contributed by atoms with E-state index in [1.165, 1.54) is 11.3 Å². The second kappa shape index (κ2) is 4.89. The van der Waals surface area contributed by atoms with Crippen molar-refractivity contribution in [3.8, 4) is 0 Å². The van der Waals surface area contributed by atoms with Crippen molar-refractivity contribution in [1.29, 1.82) is 0 Å². The third-order valence-corrected chi connectivity index (χ3v) is 5.17. The maximum atomic E-state index is 10.3. The highest BCUT2D eigenvalue weighted by Gasteiger charge is 2.21. The molecule has 0 aromatic carbocycles. The smallest absolute Gasteiger partial charge is 0.124 e. The van der Waals surface area contributed by atoms with E-state index in [9.17, 15) is 5.11 Å². The van der Waals surface area contributed by atoms with Gasteiger partial charge in [-0.15, -0.1) is 11.3 Å². The highest BCUT2D eigenvalue weighted by Crippen LogP contribution is 2.39. The van der Waals surface area contributed by atoms with E-state index in [-0.39, 0.29) is 0 Å². The Labute approximate surface area is 122 Å². The van der Waals surface area contributed by atoms with E-state index in [2.05, 4.69) is 52.9 Å². The summed E-state index contributed by atoms with van der Waals surface area (Å²) in [7, 11) is 1.80. The van der Waals surface area contributed by atoms with Gasteiger partial charge in [-0.2, -0.15) is 5.10 Å². The molecule has 1 N–H and O–H groups in total. The Morgan fingerprint density at radius 1 is 1.44 bits per heavy atom. The fourth-order valence-corrected chi connectivity index (χ4v) is 4.86. The topological polar surface area (TPSA) is 38.0 Å². The third kappa shape index (κ3) is 2.28. The van der Waals surface area contributed by atoms with Crippen LogP contribution in [-0.4, -0.2) is 14.9 Å². The van der Waals surface area contributed by atoms with Crippen molar-refractivity contribution in [2.45, 2.75) is 6.10 Å². The summed E-state index contributed by atoms with van der Waals surface area (Å²) in [5.74, 6) is 0. The Bertz CT molecular complexity index is 503. The first-order valence-electron chi connectivity index (χ1n) is 4.31. The lowest BCUT2D eigenvalue weighted by Crippen LogP contribution is -2.06. The molecule has 2 rings (SSSR count). The predicted molar refractivity (Wildman–Crippen MR) is 74.7 cm³/mol. The van der Waals surface area contributed by atoms with E-state index in [0.717, 1.165) is 23.3 Å². The zero-order chi connectivity index (χ0) is 11.9. The molecule has 86 valence electrons. The molecule has 0 spiro atoms. The molecule has 0 saturated carbocycles. The minimum Gasteiger partial charge on any atom is -0.382 e. The molecule has 2 aromatic rings. The summed E-state index contributed by atoms with van der Waals surface area (Å²) in [6.45, 7) is 0. The van der Waals surface area contributed by atoms with E-state index < -0.39 is 6.10 Å². The molecule has 3 nitrogen and oxygen atoms in total. The van der Waals surface area contributed by atoms with Crippen LogP contribution in [-0.2, 0) is 7.05 Å². The van der Waals surface area contributed by atoms with Crippen molar-refractivity contribution in [1.82, 2.24) is 9.78 Å². The number of hydrogen-bond donors (Lipinski definition) is 1. The van der Waals surface area contributed by atoms with Crippen LogP contribution in [0.15, 0.2) is 24.3 Å². The Kier molecular flexibility index (Phi) is 3.90. The van der Waals surface area contributed by atoms with Crippen LogP contribution in [0.1, 0.15) is 17.4 Å². The molecule has 0 aliphatic carbocycles. The number of aliphatic hydroxyl groups is 1. The fourth-order valence-electron chi connectivity index (χ4n) is 1.41. The van der Waals surface area contributed by atoms with Gasteiger partial charge >= 0.3 is 0 Å². The average molecular weight is 431 g/mol. The van der Waals surface area contributed by atoms with Crippen molar-refractivity contribution >= 4 is 59.1 Å². The highest BCUT2D eigenvalue weighted by atomic mass is 79.9. The molecule has 0 bridgehead atoms. The van der Waals surface area contributed by atoms with Crippen LogP contribution in [0, 0.1) is 0 Å². The van der Waals surface area contributed by atoms with Crippen molar-refractivity contribution in [2.75, 3.05) is 0 Å². The zero-order valence-corrected chi connectivity index (χ0v) is 13.7. The molecule has 0 saturated heterocycles. The van der Waals surface area contributed by atoms with Gasteiger partial charge < -0.3 is 5.11 Å².